The third-order valence-corrected chi connectivity index (χ3v) is 1.24. The summed E-state index contributed by atoms with van der Waals surface area (Å²) in [5.41, 5.74) is -0.0696. The van der Waals surface area contributed by atoms with Crippen molar-refractivity contribution in [1.82, 2.24) is 4.90 Å². The largest absolute Gasteiger partial charge is 0.474 e. The molecule has 1 amide bonds. The van der Waals surface area contributed by atoms with Gasteiger partial charge >= 0.3 is 11.9 Å². The Morgan fingerprint density at radius 2 is 1.75 bits per heavy atom. The fourth-order valence-electron chi connectivity index (χ4n) is 0.947. The Bertz CT molecular complexity index is 193. The van der Waals surface area contributed by atoms with E-state index in [9.17, 15) is 9.59 Å². The number of rotatable bonds is 1. The van der Waals surface area contributed by atoms with Gasteiger partial charge in [0.1, 0.15) is 0 Å². The Hall–Kier alpha value is -1.06. The molecule has 0 aliphatic heterocycles. The third-order valence-electron chi connectivity index (χ3n) is 1.24. The monoisotopic (exact) mass is 173 g/mol. The predicted molar refractivity (Wildman–Crippen MR) is 44.7 cm³/mol. The van der Waals surface area contributed by atoms with Crippen molar-refractivity contribution >= 4 is 11.9 Å². The maximum atomic E-state index is 10.8. The average molecular weight is 173 g/mol. The highest BCUT2D eigenvalue weighted by Gasteiger charge is 2.21. The minimum absolute atomic E-state index is 0.0696. The second-order valence-corrected chi connectivity index (χ2v) is 4.03. The van der Waals surface area contributed by atoms with Crippen LogP contribution >= 0.6 is 0 Å². The quantitative estimate of drug-likeness (QED) is 0.590. The summed E-state index contributed by atoms with van der Waals surface area (Å²) < 4.78 is 0. The van der Waals surface area contributed by atoms with Gasteiger partial charge in [-0.1, -0.05) is 20.8 Å². The minimum Gasteiger partial charge on any atom is -0.474 e. The maximum absolute atomic E-state index is 10.8. The zero-order valence-electron chi connectivity index (χ0n) is 7.92. The van der Waals surface area contributed by atoms with Crippen LogP contribution in [0.3, 0.4) is 0 Å². The number of hydrogen-bond acceptors (Lipinski definition) is 2. The summed E-state index contributed by atoms with van der Waals surface area (Å²) in [5, 5.41) is 8.36. The fraction of sp³-hybridized carbons (Fsp3) is 0.750. The van der Waals surface area contributed by atoms with Gasteiger partial charge in [0.05, 0.1) is 0 Å². The van der Waals surface area contributed by atoms with E-state index in [1.807, 2.05) is 20.8 Å². The van der Waals surface area contributed by atoms with Crippen LogP contribution in [0.15, 0.2) is 0 Å². The van der Waals surface area contributed by atoms with Crippen molar-refractivity contribution in [2.24, 2.45) is 5.41 Å². The van der Waals surface area contributed by atoms with Crippen LogP contribution in [0.25, 0.3) is 0 Å². The molecular weight excluding hydrogens is 158 g/mol. The summed E-state index contributed by atoms with van der Waals surface area (Å²) in [6.45, 7) is 6.27. The van der Waals surface area contributed by atoms with E-state index >= 15 is 0 Å². The molecule has 0 spiro atoms. The van der Waals surface area contributed by atoms with Crippen molar-refractivity contribution in [1.29, 1.82) is 0 Å². The van der Waals surface area contributed by atoms with Gasteiger partial charge in [-0.2, -0.15) is 0 Å². The molecule has 0 radical (unpaired) electrons. The molecule has 4 heteroatoms. The number of nitrogens with zero attached hydrogens (tertiary/aromatic N) is 1. The number of hydrogen-bond donors (Lipinski definition) is 1. The summed E-state index contributed by atoms with van der Waals surface area (Å²) >= 11 is 0. The van der Waals surface area contributed by atoms with Gasteiger partial charge in [-0.3, -0.25) is 4.79 Å². The summed E-state index contributed by atoms with van der Waals surface area (Å²) in [4.78, 5) is 22.3. The zero-order valence-corrected chi connectivity index (χ0v) is 7.92. The first kappa shape index (κ1) is 10.9. The Balaban J connectivity index is 4.14. The molecule has 0 heterocycles. The van der Waals surface area contributed by atoms with E-state index < -0.39 is 11.9 Å². The van der Waals surface area contributed by atoms with Crippen LogP contribution < -0.4 is 0 Å². The zero-order chi connectivity index (χ0) is 9.94. The van der Waals surface area contributed by atoms with Crippen LogP contribution in [0.4, 0.5) is 0 Å². The first-order valence-electron chi connectivity index (χ1n) is 3.72. The normalized spacial score (nSPS) is 11.0. The molecule has 0 aromatic carbocycles. The third kappa shape index (κ3) is 3.95. The van der Waals surface area contributed by atoms with Crippen molar-refractivity contribution in [3.05, 3.63) is 0 Å². The van der Waals surface area contributed by atoms with E-state index in [1.54, 1.807) is 0 Å². The van der Waals surface area contributed by atoms with E-state index in [4.69, 9.17) is 5.11 Å². The lowest BCUT2D eigenvalue weighted by atomic mass is 9.96. The van der Waals surface area contributed by atoms with Gasteiger partial charge < -0.3 is 10.0 Å². The van der Waals surface area contributed by atoms with Crippen LogP contribution in [0.2, 0.25) is 0 Å². The van der Waals surface area contributed by atoms with Crippen LogP contribution in [0, 0.1) is 5.41 Å². The molecule has 0 aromatic rings. The van der Waals surface area contributed by atoms with Gasteiger partial charge in [0.15, 0.2) is 0 Å². The van der Waals surface area contributed by atoms with Crippen LogP contribution in [0.1, 0.15) is 20.8 Å². The lowest BCUT2D eigenvalue weighted by Gasteiger charge is -2.25. The summed E-state index contributed by atoms with van der Waals surface area (Å²) in [6.07, 6.45) is 0. The highest BCUT2D eigenvalue weighted by atomic mass is 16.4. The van der Waals surface area contributed by atoms with Crippen LogP contribution in [-0.2, 0) is 9.59 Å². The Morgan fingerprint density at radius 1 is 1.33 bits per heavy atom. The molecule has 0 saturated carbocycles. The average Bonchev–Trinajstić information content (AvgIpc) is 1.82. The number of carbonyl (C=O) groups excluding carboxylic acids is 1. The number of likely N-dealkylation sites (N-methyl/N-ethyl adjacent to an activating group) is 1. The molecule has 0 aromatic heterocycles. The molecule has 0 rings (SSSR count). The highest BCUT2D eigenvalue weighted by molar-refractivity contribution is 6.31. The number of carbonyl (C=O) groups is 2. The molecule has 4 nitrogen and oxygen atoms in total. The van der Waals surface area contributed by atoms with E-state index in [0.717, 1.165) is 0 Å². The van der Waals surface area contributed by atoms with Crippen molar-refractivity contribution in [3.8, 4) is 0 Å². The van der Waals surface area contributed by atoms with Crippen LogP contribution in [0.5, 0.6) is 0 Å². The van der Waals surface area contributed by atoms with Crippen molar-refractivity contribution in [2.45, 2.75) is 20.8 Å². The maximum Gasteiger partial charge on any atom is 0.394 e. The SMILES string of the molecule is CN(CC(C)(C)C)C(=O)C(=O)O. The lowest BCUT2D eigenvalue weighted by Crippen LogP contribution is -2.38. The lowest BCUT2D eigenvalue weighted by molar-refractivity contribution is -0.155. The number of carboxylic acid groups (broad SMARTS) is 1. The first-order valence-corrected chi connectivity index (χ1v) is 3.72. The van der Waals surface area contributed by atoms with Gasteiger partial charge in [-0.25, -0.2) is 4.79 Å². The molecule has 1 N–H and O–H groups in total. The van der Waals surface area contributed by atoms with E-state index in [1.165, 1.54) is 11.9 Å². The molecule has 0 aliphatic rings. The fourth-order valence-corrected chi connectivity index (χ4v) is 0.947. The second-order valence-electron chi connectivity index (χ2n) is 4.03. The molecule has 70 valence electrons. The van der Waals surface area contributed by atoms with Crippen molar-refractivity contribution in [3.63, 3.8) is 0 Å². The first-order chi connectivity index (χ1) is 5.24. The number of amides is 1. The van der Waals surface area contributed by atoms with Gasteiger partial charge in [0.25, 0.3) is 0 Å². The summed E-state index contributed by atoms with van der Waals surface area (Å²) in [7, 11) is 1.49. The standard InChI is InChI=1S/C8H15NO3/c1-8(2,3)5-9(4)6(10)7(11)12/h5H2,1-4H3,(H,11,12). The van der Waals surface area contributed by atoms with Gasteiger partial charge in [-0.15, -0.1) is 0 Å². The Morgan fingerprint density at radius 3 is 2.00 bits per heavy atom. The molecule has 0 bridgehead atoms. The van der Waals surface area contributed by atoms with Crippen molar-refractivity contribution < 1.29 is 14.7 Å². The van der Waals surface area contributed by atoms with Gasteiger partial charge in [-0.05, 0) is 5.41 Å². The number of aliphatic carboxylic acids is 1. The molecular formula is C8H15NO3. The molecule has 0 aliphatic carbocycles. The Labute approximate surface area is 72.2 Å². The highest BCUT2D eigenvalue weighted by Crippen LogP contribution is 2.13. The smallest absolute Gasteiger partial charge is 0.394 e. The number of carboxylic acids is 1. The van der Waals surface area contributed by atoms with Crippen molar-refractivity contribution in [2.75, 3.05) is 13.6 Å². The van der Waals surface area contributed by atoms with Crippen LogP contribution in [-0.4, -0.2) is 35.5 Å². The van der Waals surface area contributed by atoms with E-state index in [2.05, 4.69) is 0 Å². The molecule has 0 saturated heterocycles. The summed E-state index contributed by atoms with van der Waals surface area (Å²) in [6, 6.07) is 0. The predicted octanol–water partition coefficient (Wildman–Crippen LogP) is 0.575. The van der Waals surface area contributed by atoms with E-state index in [0.29, 0.717) is 6.54 Å². The summed E-state index contributed by atoms with van der Waals surface area (Å²) in [5.74, 6) is -2.26. The van der Waals surface area contributed by atoms with E-state index in [-0.39, 0.29) is 5.41 Å². The second kappa shape index (κ2) is 3.56. The Kier molecular flexibility index (Phi) is 3.24. The molecule has 12 heavy (non-hydrogen) atoms. The molecule has 0 fully saturated rings. The molecule has 0 atom stereocenters. The molecule has 0 unspecified atom stereocenters. The minimum atomic E-state index is -1.40. The van der Waals surface area contributed by atoms with Gasteiger partial charge in [0, 0.05) is 13.6 Å². The van der Waals surface area contributed by atoms with Gasteiger partial charge in [0.2, 0.25) is 0 Å². The topological polar surface area (TPSA) is 57.6 Å².